The SMILES string of the molecule is Cc1cc2cc(CN(Cc3ccccc3)C(=S)NCc3ccccc3)c(=O)[nH]c2cc1Cl. The number of thiocarbonyl (C=S) groups is 1. The van der Waals surface area contributed by atoms with Crippen LogP contribution in [-0.2, 0) is 19.6 Å². The first kappa shape index (κ1) is 22.1. The average molecular weight is 462 g/mol. The van der Waals surface area contributed by atoms with Crippen molar-refractivity contribution in [3.8, 4) is 0 Å². The molecule has 0 spiro atoms. The maximum Gasteiger partial charge on any atom is 0.253 e. The van der Waals surface area contributed by atoms with E-state index in [4.69, 9.17) is 23.8 Å². The van der Waals surface area contributed by atoms with Crippen molar-refractivity contribution in [1.82, 2.24) is 15.2 Å². The van der Waals surface area contributed by atoms with Crippen LogP contribution in [0, 0.1) is 6.92 Å². The molecular weight excluding hydrogens is 438 g/mol. The molecule has 0 amide bonds. The van der Waals surface area contributed by atoms with Crippen LogP contribution in [0.1, 0.15) is 22.3 Å². The van der Waals surface area contributed by atoms with E-state index in [-0.39, 0.29) is 5.56 Å². The van der Waals surface area contributed by atoms with Gasteiger partial charge in [-0.3, -0.25) is 4.79 Å². The van der Waals surface area contributed by atoms with Gasteiger partial charge in [0.15, 0.2) is 5.11 Å². The van der Waals surface area contributed by atoms with Crippen molar-refractivity contribution in [1.29, 1.82) is 0 Å². The van der Waals surface area contributed by atoms with Gasteiger partial charge in [-0.25, -0.2) is 0 Å². The number of aromatic nitrogens is 1. The Balaban J connectivity index is 1.60. The Kier molecular flexibility index (Phi) is 6.88. The zero-order valence-electron chi connectivity index (χ0n) is 17.8. The number of aromatic amines is 1. The zero-order chi connectivity index (χ0) is 22.5. The summed E-state index contributed by atoms with van der Waals surface area (Å²) in [6.07, 6.45) is 0. The minimum absolute atomic E-state index is 0.138. The second-order valence-electron chi connectivity index (χ2n) is 7.80. The number of pyridine rings is 1. The molecule has 0 aliphatic heterocycles. The molecule has 4 rings (SSSR count). The summed E-state index contributed by atoms with van der Waals surface area (Å²) >= 11 is 12.0. The Bertz CT molecular complexity index is 1290. The number of aryl methyl sites for hydroxylation is 1. The van der Waals surface area contributed by atoms with Gasteiger partial charge >= 0.3 is 0 Å². The molecule has 0 unspecified atom stereocenters. The Labute approximate surface area is 197 Å². The van der Waals surface area contributed by atoms with Gasteiger partial charge in [0.1, 0.15) is 0 Å². The predicted molar refractivity (Wildman–Crippen MR) is 136 cm³/mol. The third kappa shape index (κ3) is 5.36. The molecule has 1 heterocycles. The fourth-order valence-electron chi connectivity index (χ4n) is 3.60. The van der Waals surface area contributed by atoms with Gasteiger partial charge in [-0.05, 0) is 59.4 Å². The summed E-state index contributed by atoms with van der Waals surface area (Å²) in [5.74, 6) is 0. The molecule has 4 aromatic rings. The number of H-pyrrole nitrogens is 1. The van der Waals surface area contributed by atoms with Crippen molar-refractivity contribution >= 4 is 39.8 Å². The molecule has 4 nitrogen and oxygen atoms in total. The van der Waals surface area contributed by atoms with E-state index in [9.17, 15) is 4.79 Å². The Morgan fingerprint density at radius 2 is 1.62 bits per heavy atom. The fraction of sp³-hybridized carbons (Fsp3) is 0.154. The van der Waals surface area contributed by atoms with Crippen molar-refractivity contribution in [2.75, 3.05) is 0 Å². The summed E-state index contributed by atoms with van der Waals surface area (Å²) < 4.78 is 0. The molecule has 0 aliphatic rings. The lowest BCUT2D eigenvalue weighted by Gasteiger charge is -2.26. The lowest BCUT2D eigenvalue weighted by atomic mass is 10.1. The Hall–Kier alpha value is -3.15. The first-order chi connectivity index (χ1) is 15.5. The average Bonchev–Trinajstić information content (AvgIpc) is 2.80. The van der Waals surface area contributed by atoms with Gasteiger partial charge in [-0.1, -0.05) is 72.3 Å². The lowest BCUT2D eigenvalue weighted by molar-refractivity contribution is 0.397. The second kappa shape index (κ2) is 9.98. The quantitative estimate of drug-likeness (QED) is 0.369. The minimum Gasteiger partial charge on any atom is -0.358 e. The summed E-state index contributed by atoms with van der Waals surface area (Å²) in [6, 6.07) is 25.9. The number of nitrogens with zero attached hydrogens (tertiary/aromatic N) is 1. The van der Waals surface area contributed by atoms with Crippen molar-refractivity contribution in [2.24, 2.45) is 0 Å². The first-order valence-corrected chi connectivity index (χ1v) is 11.2. The number of hydrogen-bond donors (Lipinski definition) is 2. The zero-order valence-corrected chi connectivity index (χ0v) is 19.3. The highest BCUT2D eigenvalue weighted by Gasteiger charge is 2.14. The third-order valence-corrected chi connectivity index (χ3v) is 6.16. The van der Waals surface area contributed by atoms with E-state index in [1.54, 1.807) is 6.07 Å². The van der Waals surface area contributed by atoms with Gasteiger partial charge in [0.25, 0.3) is 5.56 Å². The molecule has 3 aromatic carbocycles. The van der Waals surface area contributed by atoms with Gasteiger partial charge in [0.05, 0.1) is 6.54 Å². The van der Waals surface area contributed by atoms with Gasteiger partial charge in [0.2, 0.25) is 0 Å². The highest BCUT2D eigenvalue weighted by molar-refractivity contribution is 7.80. The third-order valence-electron chi connectivity index (χ3n) is 5.35. The standard InChI is InChI=1S/C26H24ClN3OS/c1-18-12-21-13-22(25(31)29-24(21)14-23(18)27)17-30(16-20-10-6-3-7-11-20)26(32)28-15-19-8-4-2-5-9-19/h2-14H,15-17H2,1H3,(H,28,32)(H,29,31). The van der Waals surface area contributed by atoms with Crippen LogP contribution < -0.4 is 10.9 Å². The maximum absolute atomic E-state index is 12.8. The van der Waals surface area contributed by atoms with E-state index in [0.29, 0.717) is 35.3 Å². The van der Waals surface area contributed by atoms with E-state index >= 15 is 0 Å². The molecule has 0 fully saturated rings. The van der Waals surface area contributed by atoms with Crippen LogP contribution in [0.5, 0.6) is 0 Å². The maximum atomic E-state index is 12.8. The molecular formula is C26H24ClN3OS. The van der Waals surface area contributed by atoms with E-state index < -0.39 is 0 Å². The number of hydrogen-bond acceptors (Lipinski definition) is 2. The van der Waals surface area contributed by atoms with Crippen molar-refractivity contribution < 1.29 is 0 Å². The van der Waals surface area contributed by atoms with E-state index in [2.05, 4.69) is 34.6 Å². The van der Waals surface area contributed by atoms with Crippen LogP contribution in [-0.4, -0.2) is 15.0 Å². The Morgan fingerprint density at radius 1 is 0.969 bits per heavy atom. The Morgan fingerprint density at radius 3 is 2.31 bits per heavy atom. The fourth-order valence-corrected chi connectivity index (χ4v) is 3.96. The molecule has 0 atom stereocenters. The van der Waals surface area contributed by atoms with Gasteiger partial charge in [-0.15, -0.1) is 0 Å². The monoisotopic (exact) mass is 461 g/mol. The van der Waals surface area contributed by atoms with Gasteiger partial charge < -0.3 is 15.2 Å². The summed E-state index contributed by atoms with van der Waals surface area (Å²) in [5, 5.41) is 5.53. The molecule has 1 aromatic heterocycles. The van der Waals surface area contributed by atoms with Crippen LogP contribution >= 0.6 is 23.8 Å². The number of nitrogens with one attached hydrogen (secondary N) is 2. The van der Waals surface area contributed by atoms with E-state index in [0.717, 1.165) is 27.6 Å². The topological polar surface area (TPSA) is 48.1 Å². The number of benzene rings is 3. The molecule has 32 heavy (non-hydrogen) atoms. The van der Waals surface area contributed by atoms with Crippen LogP contribution in [0.4, 0.5) is 0 Å². The van der Waals surface area contributed by atoms with Crippen molar-refractivity contribution in [3.63, 3.8) is 0 Å². The molecule has 0 saturated carbocycles. The van der Waals surface area contributed by atoms with Crippen LogP contribution in [0.2, 0.25) is 5.02 Å². The first-order valence-electron chi connectivity index (χ1n) is 10.4. The van der Waals surface area contributed by atoms with Crippen LogP contribution in [0.3, 0.4) is 0 Å². The lowest BCUT2D eigenvalue weighted by Crippen LogP contribution is -2.39. The normalized spacial score (nSPS) is 10.8. The van der Waals surface area contributed by atoms with Crippen LogP contribution in [0.25, 0.3) is 10.9 Å². The van der Waals surface area contributed by atoms with Crippen molar-refractivity contribution in [2.45, 2.75) is 26.6 Å². The highest BCUT2D eigenvalue weighted by atomic mass is 35.5. The summed E-state index contributed by atoms with van der Waals surface area (Å²) in [5.41, 5.74) is 4.48. The van der Waals surface area contributed by atoms with E-state index in [1.165, 1.54) is 0 Å². The molecule has 0 radical (unpaired) electrons. The summed E-state index contributed by atoms with van der Waals surface area (Å²) in [7, 11) is 0. The summed E-state index contributed by atoms with van der Waals surface area (Å²) in [6.45, 7) is 3.56. The number of rotatable bonds is 6. The van der Waals surface area contributed by atoms with Crippen LogP contribution in [0.15, 0.2) is 83.7 Å². The molecule has 162 valence electrons. The summed E-state index contributed by atoms with van der Waals surface area (Å²) in [4.78, 5) is 17.8. The molecule has 0 bridgehead atoms. The molecule has 2 N–H and O–H groups in total. The van der Waals surface area contributed by atoms with E-state index in [1.807, 2.05) is 60.4 Å². The molecule has 0 saturated heterocycles. The largest absolute Gasteiger partial charge is 0.358 e. The van der Waals surface area contributed by atoms with Gasteiger partial charge in [0, 0.05) is 29.2 Å². The van der Waals surface area contributed by atoms with Crippen molar-refractivity contribution in [3.05, 3.63) is 116 Å². The predicted octanol–water partition coefficient (Wildman–Crippen LogP) is 5.57. The molecule has 6 heteroatoms. The molecule has 0 aliphatic carbocycles. The number of halogens is 1. The number of fused-ring (bicyclic) bond motifs is 1. The second-order valence-corrected chi connectivity index (χ2v) is 8.59. The van der Waals surface area contributed by atoms with Gasteiger partial charge in [-0.2, -0.15) is 0 Å². The smallest absolute Gasteiger partial charge is 0.253 e. The highest BCUT2D eigenvalue weighted by Crippen LogP contribution is 2.22. The minimum atomic E-state index is -0.138.